The van der Waals surface area contributed by atoms with Crippen LogP contribution in [0.25, 0.3) is 10.9 Å². The number of rotatable bonds is 6. The van der Waals surface area contributed by atoms with Gasteiger partial charge in [-0.05, 0) is 43.9 Å². The maximum absolute atomic E-state index is 13.3. The van der Waals surface area contributed by atoms with Crippen molar-refractivity contribution in [3.63, 3.8) is 0 Å². The third-order valence-corrected chi connectivity index (χ3v) is 8.13. The number of likely N-dealkylation sites (N-methyl/N-ethyl adjacent to an activating group) is 1. The molecule has 0 saturated heterocycles. The van der Waals surface area contributed by atoms with Crippen LogP contribution >= 0.6 is 11.3 Å². The summed E-state index contributed by atoms with van der Waals surface area (Å²) in [7, 11) is 1.34. The van der Waals surface area contributed by atoms with E-state index in [0.29, 0.717) is 22.7 Å². The van der Waals surface area contributed by atoms with Crippen molar-refractivity contribution in [1.29, 1.82) is 0 Å². The van der Waals surface area contributed by atoms with Crippen molar-refractivity contribution >= 4 is 45.1 Å². The molecule has 0 unspecified atom stereocenters. The number of aromatic nitrogens is 1. The van der Waals surface area contributed by atoms with Crippen molar-refractivity contribution in [1.82, 2.24) is 9.88 Å². The van der Waals surface area contributed by atoms with Gasteiger partial charge in [0.2, 0.25) is 0 Å². The molecular formula is C27H29N3O5S. The molecule has 1 N–H and O–H groups in total. The van der Waals surface area contributed by atoms with E-state index in [2.05, 4.69) is 17.1 Å². The number of hydrogen-bond donors (Lipinski definition) is 1. The van der Waals surface area contributed by atoms with E-state index < -0.39 is 24.5 Å². The van der Waals surface area contributed by atoms with Crippen molar-refractivity contribution in [3.05, 3.63) is 57.1 Å². The molecule has 1 aliphatic carbocycles. The highest BCUT2D eigenvalue weighted by atomic mass is 32.1. The average molecular weight is 508 g/mol. The largest absolute Gasteiger partial charge is 0.465 e. The second kappa shape index (κ2) is 10.4. The smallest absolute Gasteiger partial charge is 0.341 e. The standard InChI is InChI=1S/C27H29N3O5S/c1-3-30-13-12-20-18(14-30)23(16-8-4-6-10-19(16)28-20)27(33)35-15-22(31)29-25-24(26(32)34-2)17-9-5-7-11-21(17)36-25/h4,6,8,10H,3,5,7,9,11-15H2,1-2H3,(H,29,31). The Kier molecular flexibility index (Phi) is 7.02. The number of esters is 2. The van der Waals surface area contributed by atoms with E-state index in [0.717, 1.165) is 77.8 Å². The van der Waals surface area contributed by atoms with Gasteiger partial charge in [-0.3, -0.25) is 14.7 Å². The van der Waals surface area contributed by atoms with Crippen LogP contribution in [-0.4, -0.2) is 54.5 Å². The third kappa shape index (κ3) is 4.60. The van der Waals surface area contributed by atoms with Crippen LogP contribution in [0, 0.1) is 0 Å². The normalized spacial score (nSPS) is 15.2. The summed E-state index contributed by atoms with van der Waals surface area (Å²) >= 11 is 1.40. The number of aryl methyl sites for hydroxylation is 1. The molecule has 3 aromatic rings. The number of benzene rings is 1. The Labute approximate surface area is 213 Å². The zero-order chi connectivity index (χ0) is 25.2. The van der Waals surface area contributed by atoms with Crippen molar-refractivity contribution in [2.75, 3.05) is 32.1 Å². The van der Waals surface area contributed by atoms with E-state index >= 15 is 0 Å². The van der Waals surface area contributed by atoms with Crippen LogP contribution in [-0.2, 0) is 40.1 Å². The molecule has 0 fully saturated rings. The van der Waals surface area contributed by atoms with Gasteiger partial charge in [-0.15, -0.1) is 11.3 Å². The van der Waals surface area contributed by atoms with E-state index in [4.69, 9.17) is 14.5 Å². The Bertz CT molecular complexity index is 1350. The maximum Gasteiger partial charge on any atom is 0.341 e. The lowest BCUT2D eigenvalue weighted by molar-refractivity contribution is -0.119. The average Bonchev–Trinajstić information content (AvgIpc) is 3.27. The van der Waals surface area contributed by atoms with E-state index in [1.54, 1.807) is 0 Å². The number of amides is 1. The molecule has 5 rings (SSSR count). The number of hydrogen-bond acceptors (Lipinski definition) is 8. The summed E-state index contributed by atoms with van der Waals surface area (Å²) in [6, 6.07) is 7.51. The minimum absolute atomic E-state index is 0.422. The van der Waals surface area contributed by atoms with Crippen LogP contribution in [0.4, 0.5) is 5.00 Å². The van der Waals surface area contributed by atoms with Crippen LogP contribution in [0.5, 0.6) is 0 Å². The number of anilines is 1. The Morgan fingerprint density at radius 3 is 2.67 bits per heavy atom. The summed E-state index contributed by atoms with van der Waals surface area (Å²) in [6.07, 6.45) is 4.48. The SMILES string of the molecule is CCN1CCc2nc3ccccc3c(C(=O)OCC(=O)Nc3sc4c(c3C(=O)OC)CCCC4)c2C1. The van der Waals surface area contributed by atoms with Crippen molar-refractivity contribution in [2.45, 2.75) is 45.6 Å². The summed E-state index contributed by atoms with van der Waals surface area (Å²) in [5.41, 5.74) is 4.37. The Morgan fingerprint density at radius 1 is 1.06 bits per heavy atom. The molecule has 0 atom stereocenters. The number of ether oxygens (including phenoxy) is 2. The molecule has 8 nitrogen and oxygen atoms in total. The molecule has 2 aliphatic rings. The second-order valence-electron chi connectivity index (χ2n) is 9.08. The first kappa shape index (κ1) is 24.4. The lowest BCUT2D eigenvalue weighted by Crippen LogP contribution is -2.32. The van der Waals surface area contributed by atoms with Crippen molar-refractivity contribution in [2.24, 2.45) is 0 Å². The fourth-order valence-electron chi connectivity index (χ4n) is 5.09. The van der Waals surface area contributed by atoms with E-state index in [9.17, 15) is 14.4 Å². The first-order valence-electron chi connectivity index (χ1n) is 12.3. The molecule has 0 radical (unpaired) electrons. The van der Waals surface area contributed by atoms with Gasteiger partial charge in [-0.25, -0.2) is 9.59 Å². The minimum Gasteiger partial charge on any atom is -0.465 e. The molecule has 9 heteroatoms. The number of carbonyl (C=O) groups is 3. The predicted molar refractivity (Wildman–Crippen MR) is 138 cm³/mol. The number of methoxy groups -OCH3 is 1. The van der Waals surface area contributed by atoms with Gasteiger partial charge in [-0.2, -0.15) is 0 Å². The van der Waals surface area contributed by atoms with Gasteiger partial charge in [0, 0.05) is 41.0 Å². The number of para-hydroxylation sites is 1. The number of thiophene rings is 1. The highest BCUT2D eigenvalue weighted by Gasteiger charge is 2.29. The summed E-state index contributed by atoms with van der Waals surface area (Å²) in [5, 5.41) is 3.97. The van der Waals surface area contributed by atoms with E-state index in [1.807, 2.05) is 24.3 Å². The molecule has 36 heavy (non-hydrogen) atoms. The molecule has 1 amide bonds. The monoisotopic (exact) mass is 507 g/mol. The lowest BCUT2D eigenvalue weighted by Gasteiger charge is -2.28. The van der Waals surface area contributed by atoms with E-state index in [-0.39, 0.29) is 0 Å². The fraction of sp³-hybridized carbons (Fsp3) is 0.407. The second-order valence-corrected chi connectivity index (χ2v) is 10.2. The summed E-state index contributed by atoms with van der Waals surface area (Å²) in [4.78, 5) is 46.8. The molecule has 2 aromatic heterocycles. The van der Waals surface area contributed by atoms with Gasteiger partial charge in [0.15, 0.2) is 6.61 Å². The van der Waals surface area contributed by atoms with Crippen molar-refractivity contribution in [3.8, 4) is 0 Å². The van der Waals surface area contributed by atoms with Crippen LogP contribution < -0.4 is 5.32 Å². The lowest BCUT2D eigenvalue weighted by atomic mass is 9.95. The molecule has 1 aromatic carbocycles. The number of pyridine rings is 1. The number of nitrogens with zero attached hydrogens (tertiary/aromatic N) is 2. The van der Waals surface area contributed by atoms with Gasteiger partial charge in [-0.1, -0.05) is 25.1 Å². The van der Waals surface area contributed by atoms with Gasteiger partial charge >= 0.3 is 11.9 Å². The molecule has 1 aliphatic heterocycles. The summed E-state index contributed by atoms with van der Waals surface area (Å²) < 4.78 is 10.5. The van der Waals surface area contributed by atoms with Crippen molar-refractivity contribution < 1.29 is 23.9 Å². The van der Waals surface area contributed by atoms with Crippen LogP contribution in [0.15, 0.2) is 24.3 Å². The highest BCUT2D eigenvalue weighted by Crippen LogP contribution is 2.38. The molecule has 0 saturated carbocycles. The van der Waals surface area contributed by atoms with Gasteiger partial charge in [0.1, 0.15) is 5.00 Å². The highest BCUT2D eigenvalue weighted by molar-refractivity contribution is 7.17. The summed E-state index contributed by atoms with van der Waals surface area (Å²) in [6.45, 7) is 4.01. The Hall–Kier alpha value is -3.30. The quantitative estimate of drug-likeness (QED) is 0.501. The Balaban J connectivity index is 1.37. The molecule has 0 spiro atoms. The van der Waals surface area contributed by atoms with Crippen LogP contribution in [0.1, 0.15) is 62.2 Å². The number of fused-ring (bicyclic) bond motifs is 3. The topological polar surface area (TPSA) is 97.8 Å². The van der Waals surface area contributed by atoms with E-state index in [1.165, 1.54) is 18.4 Å². The third-order valence-electron chi connectivity index (χ3n) is 6.92. The molecule has 188 valence electrons. The summed E-state index contributed by atoms with van der Waals surface area (Å²) in [5.74, 6) is -1.50. The Morgan fingerprint density at radius 2 is 1.86 bits per heavy atom. The van der Waals surface area contributed by atoms with Gasteiger partial charge in [0.25, 0.3) is 5.91 Å². The first-order valence-corrected chi connectivity index (χ1v) is 13.1. The van der Waals surface area contributed by atoms with Gasteiger partial charge < -0.3 is 14.8 Å². The number of carbonyl (C=O) groups excluding carboxylic acids is 3. The molecule has 3 heterocycles. The fourth-order valence-corrected chi connectivity index (χ4v) is 6.38. The van der Waals surface area contributed by atoms with Crippen LogP contribution in [0.2, 0.25) is 0 Å². The van der Waals surface area contributed by atoms with Crippen LogP contribution in [0.3, 0.4) is 0 Å². The maximum atomic E-state index is 13.3. The molecular weight excluding hydrogens is 478 g/mol. The minimum atomic E-state index is -0.545. The molecule has 0 bridgehead atoms. The number of nitrogens with one attached hydrogen (secondary N) is 1. The van der Waals surface area contributed by atoms with Gasteiger partial charge in [0.05, 0.1) is 23.8 Å². The zero-order valence-corrected chi connectivity index (χ0v) is 21.3. The first-order chi connectivity index (χ1) is 17.5. The zero-order valence-electron chi connectivity index (χ0n) is 20.5. The predicted octanol–water partition coefficient (Wildman–Crippen LogP) is 4.14.